The van der Waals surface area contributed by atoms with Gasteiger partial charge in [0, 0.05) is 47.9 Å². The molecule has 0 aliphatic rings. The van der Waals surface area contributed by atoms with Gasteiger partial charge in [0.1, 0.15) is 11.2 Å². The molecule has 3 heteroatoms. The summed E-state index contributed by atoms with van der Waals surface area (Å²) in [7, 11) is 0. The van der Waals surface area contributed by atoms with Crippen LogP contribution in [-0.4, -0.2) is 0 Å². The number of hydrogen-bond acceptors (Lipinski definition) is 3. The van der Waals surface area contributed by atoms with E-state index < -0.39 is 0 Å². The summed E-state index contributed by atoms with van der Waals surface area (Å²) in [6.45, 7) is 0. The molecule has 0 unspecified atom stereocenters. The van der Waals surface area contributed by atoms with Crippen molar-refractivity contribution < 1.29 is 4.42 Å². The molecule has 9 rings (SSSR count). The molecule has 0 amide bonds. The maximum atomic E-state index is 6.36. The summed E-state index contributed by atoms with van der Waals surface area (Å²) in [5.41, 5.74) is 7.49. The Bertz CT molecular complexity index is 2470. The lowest BCUT2D eigenvalue weighted by Gasteiger charge is -2.29. The molecule has 0 aliphatic heterocycles. The largest absolute Gasteiger partial charge is 0.456 e. The summed E-state index contributed by atoms with van der Waals surface area (Å²) >= 11 is 1.85. The highest BCUT2D eigenvalue weighted by Crippen LogP contribution is 2.46. The lowest BCUT2D eigenvalue weighted by Crippen LogP contribution is -2.11. The van der Waals surface area contributed by atoms with E-state index in [9.17, 15) is 0 Å². The van der Waals surface area contributed by atoms with Crippen LogP contribution in [0.15, 0.2) is 156 Å². The molecule has 0 fully saturated rings. The first-order chi connectivity index (χ1) is 21.3. The zero-order valence-electron chi connectivity index (χ0n) is 23.2. The normalized spacial score (nSPS) is 11.7. The van der Waals surface area contributed by atoms with Gasteiger partial charge in [-0.05, 0) is 70.9 Å². The molecule has 0 atom stereocenters. The van der Waals surface area contributed by atoms with Crippen molar-refractivity contribution in [3.63, 3.8) is 0 Å². The fraction of sp³-hybridized carbons (Fsp3) is 0. The van der Waals surface area contributed by atoms with E-state index in [1.54, 1.807) is 0 Å². The smallest absolute Gasteiger partial charge is 0.136 e. The second kappa shape index (κ2) is 9.59. The Labute approximate surface area is 252 Å². The molecule has 2 nitrogen and oxygen atoms in total. The third-order valence-corrected chi connectivity index (χ3v) is 9.58. The number of rotatable bonds is 4. The third kappa shape index (κ3) is 3.86. The molecule has 2 heterocycles. The third-order valence-electron chi connectivity index (χ3n) is 8.45. The topological polar surface area (TPSA) is 16.4 Å². The minimum Gasteiger partial charge on any atom is -0.456 e. The van der Waals surface area contributed by atoms with E-state index in [2.05, 4.69) is 144 Å². The number of para-hydroxylation sites is 2. The highest BCUT2D eigenvalue weighted by atomic mass is 32.1. The van der Waals surface area contributed by atoms with Crippen LogP contribution in [0, 0.1) is 0 Å². The van der Waals surface area contributed by atoms with Crippen LogP contribution in [0.5, 0.6) is 0 Å². The zero-order valence-corrected chi connectivity index (χ0v) is 24.0. The molecular weight excluding hydrogens is 543 g/mol. The van der Waals surface area contributed by atoms with Crippen molar-refractivity contribution in [2.45, 2.75) is 0 Å². The zero-order chi connectivity index (χ0) is 28.3. The van der Waals surface area contributed by atoms with Crippen LogP contribution in [0.3, 0.4) is 0 Å². The van der Waals surface area contributed by atoms with Crippen LogP contribution >= 0.6 is 11.3 Å². The summed E-state index contributed by atoms with van der Waals surface area (Å²) in [6, 6.07) is 54.3. The number of furan rings is 1. The average Bonchev–Trinajstić information content (AvgIpc) is 3.63. The Morgan fingerprint density at radius 3 is 2.05 bits per heavy atom. The summed E-state index contributed by atoms with van der Waals surface area (Å²) in [6.07, 6.45) is 0. The van der Waals surface area contributed by atoms with Crippen molar-refractivity contribution in [1.29, 1.82) is 0 Å². The van der Waals surface area contributed by atoms with E-state index in [4.69, 9.17) is 4.42 Å². The molecule has 2 aromatic heterocycles. The molecule has 0 saturated heterocycles. The lowest BCUT2D eigenvalue weighted by molar-refractivity contribution is 0.669. The van der Waals surface area contributed by atoms with Gasteiger partial charge in [0.15, 0.2) is 0 Å². The standard InChI is InChI=1S/C40H25NOS/c1-2-11-28(12-3-1)41(29-20-22-34-33-15-7-9-17-38(33)43-39(34)25-29)35-23-19-26-10-4-5-13-30(26)40(35)27-18-21-32-31-14-6-8-16-36(31)42-37(32)24-27/h1-25H. The van der Waals surface area contributed by atoms with Crippen molar-refractivity contribution in [3.8, 4) is 11.1 Å². The Hall–Kier alpha value is -5.38. The molecule has 0 N–H and O–H groups in total. The molecule has 7 aromatic carbocycles. The lowest BCUT2D eigenvalue weighted by atomic mass is 9.94. The Kier molecular flexibility index (Phi) is 5.40. The quantitative estimate of drug-likeness (QED) is 0.210. The van der Waals surface area contributed by atoms with Crippen LogP contribution in [0.2, 0.25) is 0 Å². The first kappa shape index (κ1) is 24.2. The number of fused-ring (bicyclic) bond motifs is 7. The van der Waals surface area contributed by atoms with E-state index in [-0.39, 0.29) is 0 Å². The van der Waals surface area contributed by atoms with Crippen molar-refractivity contribution >= 4 is 81.3 Å². The molecule has 0 aliphatic carbocycles. The van der Waals surface area contributed by atoms with Crippen LogP contribution in [0.25, 0.3) is 64.0 Å². The maximum Gasteiger partial charge on any atom is 0.136 e. The van der Waals surface area contributed by atoms with Gasteiger partial charge in [-0.25, -0.2) is 0 Å². The van der Waals surface area contributed by atoms with Gasteiger partial charge >= 0.3 is 0 Å². The van der Waals surface area contributed by atoms with E-state index >= 15 is 0 Å². The maximum absolute atomic E-state index is 6.36. The van der Waals surface area contributed by atoms with Crippen LogP contribution in [0.1, 0.15) is 0 Å². The minimum absolute atomic E-state index is 0.899. The molecule has 0 bridgehead atoms. The monoisotopic (exact) mass is 567 g/mol. The minimum atomic E-state index is 0.899. The SMILES string of the molecule is c1ccc(N(c2ccc3c(c2)sc2ccccc23)c2ccc3ccccc3c2-c2ccc3c(c2)oc2ccccc23)cc1. The van der Waals surface area contributed by atoms with Gasteiger partial charge in [-0.1, -0.05) is 97.1 Å². The number of anilines is 3. The van der Waals surface area contributed by atoms with Gasteiger partial charge in [0.05, 0.1) is 5.69 Å². The average molecular weight is 568 g/mol. The number of thiophene rings is 1. The van der Waals surface area contributed by atoms with E-state index in [0.29, 0.717) is 0 Å². The number of hydrogen-bond donors (Lipinski definition) is 0. The van der Waals surface area contributed by atoms with Gasteiger partial charge in [-0.2, -0.15) is 0 Å². The van der Waals surface area contributed by atoms with E-state index in [1.807, 2.05) is 23.5 Å². The summed E-state index contributed by atoms with van der Waals surface area (Å²) in [4.78, 5) is 2.40. The highest BCUT2D eigenvalue weighted by Gasteiger charge is 2.21. The fourth-order valence-corrected chi connectivity index (χ4v) is 7.63. The van der Waals surface area contributed by atoms with Crippen molar-refractivity contribution in [2.24, 2.45) is 0 Å². The predicted molar refractivity (Wildman–Crippen MR) is 184 cm³/mol. The highest BCUT2D eigenvalue weighted by molar-refractivity contribution is 7.25. The number of benzene rings is 7. The predicted octanol–water partition coefficient (Wildman–Crippen LogP) is 12.2. The second-order valence-electron chi connectivity index (χ2n) is 10.9. The van der Waals surface area contributed by atoms with E-state index in [1.165, 1.54) is 36.5 Å². The van der Waals surface area contributed by atoms with Gasteiger partial charge in [0.25, 0.3) is 0 Å². The molecule has 0 radical (unpaired) electrons. The number of nitrogens with zero attached hydrogens (tertiary/aromatic N) is 1. The summed E-state index contributed by atoms with van der Waals surface area (Å²) in [5, 5.41) is 7.30. The van der Waals surface area contributed by atoms with Gasteiger partial charge in [-0.3, -0.25) is 0 Å². The van der Waals surface area contributed by atoms with Crippen molar-refractivity contribution in [3.05, 3.63) is 152 Å². The first-order valence-corrected chi connectivity index (χ1v) is 15.3. The Morgan fingerprint density at radius 1 is 0.442 bits per heavy atom. The Morgan fingerprint density at radius 2 is 1.14 bits per heavy atom. The van der Waals surface area contributed by atoms with Crippen molar-refractivity contribution in [1.82, 2.24) is 0 Å². The molecule has 43 heavy (non-hydrogen) atoms. The fourth-order valence-electron chi connectivity index (χ4n) is 6.49. The van der Waals surface area contributed by atoms with Crippen LogP contribution < -0.4 is 4.90 Å². The van der Waals surface area contributed by atoms with Crippen molar-refractivity contribution in [2.75, 3.05) is 4.90 Å². The van der Waals surface area contributed by atoms with Crippen LogP contribution in [0.4, 0.5) is 17.1 Å². The Balaban J connectivity index is 1.33. The molecule has 0 spiro atoms. The second-order valence-corrected chi connectivity index (χ2v) is 12.0. The molecule has 0 saturated carbocycles. The van der Waals surface area contributed by atoms with Gasteiger partial charge < -0.3 is 9.32 Å². The summed E-state index contributed by atoms with van der Waals surface area (Å²) < 4.78 is 8.96. The van der Waals surface area contributed by atoms with E-state index in [0.717, 1.165) is 44.6 Å². The molecule has 9 aromatic rings. The summed E-state index contributed by atoms with van der Waals surface area (Å²) in [5.74, 6) is 0. The first-order valence-electron chi connectivity index (χ1n) is 14.5. The van der Waals surface area contributed by atoms with Gasteiger partial charge in [-0.15, -0.1) is 11.3 Å². The molecular formula is C40H25NOS. The molecule has 202 valence electrons. The van der Waals surface area contributed by atoms with Gasteiger partial charge in [0.2, 0.25) is 0 Å². The van der Waals surface area contributed by atoms with Crippen LogP contribution in [-0.2, 0) is 0 Å².